The van der Waals surface area contributed by atoms with Crippen LogP contribution in [0.1, 0.15) is 58.8 Å². The number of guanidine groups is 1. The Kier molecular flexibility index (Phi) is 6.21. The molecule has 1 spiro atoms. The molecule has 0 aromatic rings. The Morgan fingerprint density at radius 2 is 1.96 bits per heavy atom. The maximum Gasteiger partial charge on any atom is 0.191 e. The Morgan fingerprint density at radius 3 is 2.64 bits per heavy atom. The first-order chi connectivity index (χ1) is 11.7. The van der Waals surface area contributed by atoms with Crippen LogP contribution in [-0.2, 0) is 9.47 Å². The lowest BCUT2D eigenvalue weighted by Crippen LogP contribution is -2.69. The first-order valence-corrected chi connectivity index (χ1v) is 9.97. The van der Waals surface area contributed by atoms with Crippen LogP contribution in [0.5, 0.6) is 0 Å². The number of hydrogen-bond donors (Lipinski definition) is 2. The Morgan fingerprint density at radius 1 is 1.16 bits per heavy atom. The van der Waals surface area contributed by atoms with Crippen LogP contribution in [0.25, 0.3) is 0 Å². The van der Waals surface area contributed by atoms with E-state index in [0.717, 1.165) is 45.1 Å². The van der Waals surface area contributed by atoms with E-state index in [1.54, 1.807) is 0 Å². The van der Waals surface area contributed by atoms with Crippen LogP contribution >= 0.6 is 24.0 Å². The van der Waals surface area contributed by atoms with E-state index < -0.39 is 0 Å². The molecule has 4 atom stereocenters. The minimum Gasteiger partial charge on any atom is -0.377 e. The maximum atomic E-state index is 6.10. The summed E-state index contributed by atoms with van der Waals surface area (Å²) in [5.74, 6) is 1.64. The smallest absolute Gasteiger partial charge is 0.191 e. The van der Waals surface area contributed by atoms with Gasteiger partial charge in [-0.2, -0.15) is 0 Å². The van der Waals surface area contributed by atoms with Crippen LogP contribution in [-0.4, -0.2) is 50.0 Å². The summed E-state index contributed by atoms with van der Waals surface area (Å²) in [4.78, 5) is 4.89. The quantitative estimate of drug-likeness (QED) is 0.382. The molecule has 25 heavy (non-hydrogen) atoms. The van der Waals surface area contributed by atoms with Crippen molar-refractivity contribution in [3.8, 4) is 0 Å². The van der Waals surface area contributed by atoms with Crippen molar-refractivity contribution < 1.29 is 9.47 Å². The lowest BCUT2D eigenvalue weighted by atomic mass is 9.54. The zero-order valence-corrected chi connectivity index (χ0v) is 18.0. The molecule has 2 N–H and O–H groups in total. The summed E-state index contributed by atoms with van der Waals surface area (Å²) in [6.45, 7) is 7.78. The van der Waals surface area contributed by atoms with Gasteiger partial charge in [0.15, 0.2) is 5.96 Å². The predicted octanol–water partition coefficient (Wildman–Crippen LogP) is 3.08. The van der Waals surface area contributed by atoms with E-state index in [1.165, 1.54) is 32.1 Å². The fourth-order valence-electron chi connectivity index (χ4n) is 5.58. The summed E-state index contributed by atoms with van der Waals surface area (Å²) in [6.07, 6.45) is 9.29. The minimum absolute atomic E-state index is 0. The lowest BCUT2D eigenvalue weighted by Gasteiger charge is -2.57. The van der Waals surface area contributed by atoms with E-state index in [9.17, 15) is 0 Å². The van der Waals surface area contributed by atoms with Gasteiger partial charge in [-0.3, -0.25) is 4.99 Å². The third-order valence-corrected chi connectivity index (χ3v) is 6.79. The number of fused-ring (bicyclic) bond motifs is 2. The van der Waals surface area contributed by atoms with Crippen LogP contribution in [0.15, 0.2) is 4.99 Å². The van der Waals surface area contributed by atoms with Crippen LogP contribution in [0, 0.1) is 11.3 Å². The van der Waals surface area contributed by atoms with Gasteiger partial charge in [-0.25, -0.2) is 0 Å². The van der Waals surface area contributed by atoms with E-state index >= 15 is 0 Å². The molecule has 2 saturated carbocycles. The van der Waals surface area contributed by atoms with Crippen molar-refractivity contribution in [2.75, 3.05) is 26.3 Å². The largest absolute Gasteiger partial charge is 0.377 e. The molecule has 144 valence electrons. The van der Waals surface area contributed by atoms with Crippen molar-refractivity contribution in [3.05, 3.63) is 0 Å². The molecular formula is C19H34IN3O2. The minimum atomic E-state index is -0.0774. The lowest BCUT2D eigenvalue weighted by molar-refractivity contribution is -0.125. The highest BCUT2D eigenvalue weighted by atomic mass is 127. The third-order valence-electron chi connectivity index (χ3n) is 6.79. The number of aliphatic imine (C=N–C) groups is 1. The summed E-state index contributed by atoms with van der Waals surface area (Å²) >= 11 is 0. The molecule has 0 aromatic heterocycles. The molecule has 0 amide bonds. The van der Waals surface area contributed by atoms with E-state index in [0.29, 0.717) is 23.5 Å². The van der Waals surface area contributed by atoms with Gasteiger partial charge < -0.3 is 20.1 Å². The van der Waals surface area contributed by atoms with Gasteiger partial charge in [-0.15, -0.1) is 24.0 Å². The van der Waals surface area contributed by atoms with Crippen LogP contribution in [0.4, 0.5) is 0 Å². The number of hydrogen-bond acceptors (Lipinski definition) is 3. The van der Waals surface area contributed by atoms with Crippen molar-refractivity contribution in [1.82, 2.24) is 10.6 Å². The van der Waals surface area contributed by atoms with E-state index in [4.69, 9.17) is 14.5 Å². The number of nitrogens with zero attached hydrogens (tertiary/aromatic N) is 1. The molecule has 2 saturated heterocycles. The molecule has 0 radical (unpaired) electrons. The topological polar surface area (TPSA) is 54.9 Å². The van der Waals surface area contributed by atoms with Gasteiger partial charge in [-0.1, -0.05) is 12.8 Å². The summed E-state index contributed by atoms with van der Waals surface area (Å²) in [5, 5.41) is 7.25. The molecule has 5 nitrogen and oxygen atoms in total. The SMILES string of the molecule is CCNC(=NCC1(C)CCCO1)NC1C2CCOC2C12CCCC2.I. The summed E-state index contributed by atoms with van der Waals surface area (Å²) in [6, 6.07) is 0.530. The van der Waals surface area contributed by atoms with Gasteiger partial charge in [0.2, 0.25) is 0 Å². The van der Waals surface area contributed by atoms with Crippen molar-refractivity contribution >= 4 is 29.9 Å². The highest BCUT2D eigenvalue weighted by Gasteiger charge is 2.65. The summed E-state index contributed by atoms with van der Waals surface area (Å²) in [5.41, 5.74) is 0.289. The van der Waals surface area contributed by atoms with Gasteiger partial charge in [-0.05, 0) is 46.0 Å². The van der Waals surface area contributed by atoms with Gasteiger partial charge in [0.25, 0.3) is 0 Å². The molecule has 2 aliphatic carbocycles. The number of halogens is 1. The van der Waals surface area contributed by atoms with Gasteiger partial charge >= 0.3 is 0 Å². The zero-order valence-electron chi connectivity index (χ0n) is 15.7. The zero-order chi connectivity index (χ0) is 16.6. The Labute approximate surface area is 169 Å². The summed E-state index contributed by atoms with van der Waals surface area (Å²) < 4.78 is 12.0. The molecule has 4 fully saturated rings. The van der Waals surface area contributed by atoms with E-state index in [2.05, 4.69) is 24.5 Å². The molecule has 4 rings (SSSR count). The monoisotopic (exact) mass is 463 g/mol. The number of rotatable bonds is 4. The molecule has 2 heterocycles. The Hall–Kier alpha value is -0.0800. The Bertz CT molecular complexity index is 487. The van der Waals surface area contributed by atoms with Gasteiger partial charge in [0.1, 0.15) is 0 Å². The highest BCUT2D eigenvalue weighted by Crippen LogP contribution is 2.60. The molecule has 0 bridgehead atoms. The first kappa shape index (κ1) is 19.7. The summed E-state index contributed by atoms with van der Waals surface area (Å²) in [7, 11) is 0. The Balaban J connectivity index is 0.00000182. The van der Waals surface area contributed by atoms with E-state index in [-0.39, 0.29) is 29.6 Å². The van der Waals surface area contributed by atoms with Crippen molar-refractivity contribution in [1.29, 1.82) is 0 Å². The fraction of sp³-hybridized carbons (Fsp3) is 0.947. The highest BCUT2D eigenvalue weighted by molar-refractivity contribution is 14.0. The second kappa shape index (κ2) is 7.89. The molecule has 0 aromatic carbocycles. The normalized spacial score (nSPS) is 39.0. The van der Waals surface area contributed by atoms with Crippen LogP contribution in [0.3, 0.4) is 0 Å². The standard InChI is InChI=1S/C19H33N3O2.HI/c1-3-20-17(21-13-18(2)8-6-11-24-18)22-15-14-7-12-23-16(14)19(15)9-4-5-10-19;/h14-16H,3-13H2,1-2H3,(H2,20,21,22);1H. The van der Waals surface area contributed by atoms with Crippen LogP contribution < -0.4 is 10.6 Å². The van der Waals surface area contributed by atoms with Gasteiger partial charge in [0.05, 0.1) is 18.2 Å². The first-order valence-electron chi connectivity index (χ1n) is 9.97. The predicted molar refractivity (Wildman–Crippen MR) is 111 cm³/mol. The maximum absolute atomic E-state index is 6.10. The number of nitrogens with one attached hydrogen (secondary N) is 2. The van der Waals surface area contributed by atoms with Crippen molar-refractivity contribution in [3.63, 3.8) is 0 Å². The number of ether oxygens (including phenoxy) is 2. The fourth-order valence-corrected chi connectivity index (χ4v) is 5.58. The average molecular weight is 463 g/mol. The molecular weight excluding hydrogens is 429 g/mol. The molecule has 4 unspecified atom stereocenters. The third kappa shape index (κ3) is 3.55. The average Bonchev–Trinajstić information content (AvgIpc) is 3.29. The second-order valence-electron chi connectivity index (χ2n) is 8.40. The van der Waals surface area contributed by atoms with Crippen LogP contribution in [0.2, 0.25) is 0 Å². The molecule has 6 heteroatoms. The second-order valence-corrected chi connectivity index (χ2v) is 8.40. The van der Waals surface area contributed by atoms with E-state index in [1.807, 2.05) is 0 Å². The molecule has 2 aliphatic heterocycles. The molecule has 4 aliphatic rings. The van der Waals surface area contributed by atoms with Gasteiger partial charge in [0, 0.05) is 37.1 Å². The van der Waals surface area contributed by atoms with Crippen molar-refractivity contribution in [2.24, 2.45) is 16.3 Å². The van der Waals surface area contributed by atoms with Crippen molar-refractivity contribution in [2.45, 2.75) is 76.5 Å².